The molecule has 1 aromatic carbocycles. The Kier molecular flexibility index (Phi) is 6.06. The van der Waals surface area contributed by atoms with Crippen molar-refractivity contribution < 1.29 is 31.9 Å². The molecule has 25 heavy (non-hydrogen) atoms. The van der Waals surface area contributed by atoms with E-state index in [9.17, 15) is 26.7 Å². The van der Waals surface area contributed by atoms with Crippen LogP contribution in [-0.2, 0) is 6.18 Å². The number of carboxylic acids is 1. The van der Waals surface area contributed by atoms with Gasteiger partial charge in [0, 0.05) is 17.3 Å². The fourth-order valence-corrected chi connectivity index (χ4v) is 2.14. The lowest BCUT2D eigenvalue weighted by Gasteiger charge is -2.18. The van der Waals surface area contributed by atoms with Gasteiger partial charge in [-0.1, -0.05) is 13.8 Å². The van der Waals surface area contributed by atoms with Crippen LogP contribution in [0.15, 0.2) is 18.3 Å². The van der Waals surface area contributed by atoms with Gasteiger partial charge in [0.25, 0.3) is 0 Å². The summed E-state index contributed by atoms with van der Waals surface area (Å²) in [5.74, 6) is -4.04. The summed E-state index contributed by atoms with van der Waals surface area (Å²) in [5.41, 5.74) is 1.11. The largest absolute Gasteiger partial charge is 0.478 e. The van der Waals surface area contributed by atoms with Crippen LogP contribution in [0.25, 0.3) is 11.3 Å². The minimum atomic E-state index is -4.99. The summed E-state index contributed by atoms with van der Waals surface area (Å²) < 4.78 is 66.5. The van der Waals surface area contributed by atoms with E-state index in [1.54, 1.807) is 0 Å². The van der Waals surface area contributed by atoms with Crippen LogP contribution in [0.2, 0.25) is 0 Å². The van der Waals surface area contributed by atoms with Gasteiger partial charge < -0.3 is 10.8 Å². The fraction of sp³-hybridized carbons (Fsp3) is 0.250. The van der Waals surface area contributed by atoms with Crippen LogP contribution < -0.4 is 5.73 Å². The summed E-state index contributed by atoms with van der Waals surface area (Å²) in [6, 6.07) is 0.688. The molecule has 0 amide bonds. The summed E-state index contributed by atoms with van der Waals surface area (Å²) in [6.45, 7) is 5.11. The zero-order chi connectivity index (χ0) is 19.5. The molecule has 0 bridgehead atoms. The molecule has 2 aromatic rings. The zero-order valence-electron chi connectivity index (χ0n) is 13.5. The molecule has 0 aliphatic heterocycles. The first-order valence-electron chi connectivity index (χ1n) is 7.09. The van der Waals surface area contributed by atoms with Gasteiger partial charge in [-0.2, -0.15) is 13.2 Å². The highest BCUT2D eigenvalue weighted by atomic mass is 19.4. The lowest BCUT2D eigenvalue weighted by molar-refractivity contribution is -0.137. The molecule has 0 aliphatic rings. The van der Waals surface area contributed by atoms with E-state index in [1.165, 1.54) is 0 Å². The van der Waals surface area contributed by atoms with Crippen LogP contribution in [0, 0.1) is 18.6 Å². The minimum Gasteiger partial charge on any atom is -0.478 e. The topological polar surface area (TPSA) is 76.2 Å². The molecular weight excluding hydrogens is 347 g/mol. The zero-order valence-corrected chi connectivity index (χ0v) is 13.5. The number of nitrogens with two attached hydrogens (primary N) is 1. The number of carboxylic acid groups (broad SMARTS) is 1. The SMILES string of the molecule is CC.Cc1c(N)c(C(=O)O)cc(C(F)(F)F)c1-c1ncc(F)cc1F. The summed E-state index contributed by atoms with van der Waals surface area (Å²) in [6.07, 6.45) is -4.43. The second-order valence-electron chi connectivity index (χ2n) is 4.67. The van der Waals surface area contributed by atoms with E-state index < -0.39 is 51.9 Å². The van der Waals surface area contributed by atoms with E-state index in [4.69, 9.17) is 10.8 Å². The molecule has 0 unspecified atom stereocenters. The second-order valence-corrected chi connectivity index (χ2v) is 4.67. The molecule has 1 heterocycles. The number of pyridine rings is 1. The third kappa shape index (κ3) is 4.04. The van der Waals surface area contributed by atoms with Crippen molar-refractivity contribution in [2.45, 2.75) is 26.9 Å². The molecule has 3 N–H and O–H groups in total. The monoisotopic (exact) mass is 362 g/mol. The maximum absolute atomic E-state index is 13.8. The predicted molar refractivity (Wildman–Crippen MR) is 82.0 cm³/mol. The number of benzene rings is 1. The smallest absolute Gasteiger partial charge is 0.417 e. The Hall–Kier alpha value is -2.71. The van der Waals surface area contributed by atoms with Crippen LogP contribution in [0.3, 0.4) is 0 Å². The van der Waals surface area contributed by atoms with Crippen LogP contribution in [0.1, 0.15) is 35.3 Å². The van der Waals surface area contributed by atoms with E-state index in [-0.39, 0.29) is 5.56 Å². The number of rotatable bonds is 2. The average molecular weight is 362 g/mol. The van der Waals surface area contributed by atoms with Gasteiger partial charge in [0.15, 0.2) is 5.82 Å². The molecule has 1 aromatic heterocycles. The third-order valence-electron chi connectivity index (χ3n) is 3.21. The molecule has 0 fully saturated rings. The van der Waals surface area contributed by atoms with Crippen molar-refractivity contribution in [1.82, 2.24) is 4.98 Å². The van der Waals surface area contributed by atoms with Crippen LogP contribution in [0.4, 0.5) is 27.6 Å². The van der Waals surface area contributed by atoms with Crippen LogP contribution >= 0.6 is 0 Å². The molecule has 4 nitrogen and oxygen atoms in total. The summed E-state index contributed by atoms with van der Waals surface area (Å²) in [4.78, 5) is 14.4. The van der Waals surface area contributed by atoms with Crippen LogP contribution in [-0.4, -0.2) is 16.1 Å². The maximum atomic E-state index is 13.8. The molecule has 0 atom stereocenters. The van der Waals surface area contributed by atoms with Crippen molar-refractivity contribution >= 4 is 11.7 Å². The number of aromatic nitrogens is 1. The first-order chi connectivity index (χ1) is 11.5. The number of hydrogen-bond donors (Lipinski definition) is 2. The minimum absolute atomic E-state index is 0.310. The van der Waals surface area contributed by atoms with Gasteiger partial charge >= 0.3 is 12.1 Å². The van der Waals surface area contributed by atoms with Crippen molar-refractivity contribution in [2.75, 3.05) is 5.73 Å². The van der Waals surface area contributed by atoms with Gasteiger partial charge in [-0.25, -0.2) is 13.6 Å². The molecule has 0 saturated heterocycles. The molecule has 0 spiro atoms. The maximum Gasteiger partial charge on any atom is 0.417 e. The molecule has 136 valence electrons. The Labute approximate surface area is 140 Å². The lowest BCUT2D eigenvalue weighted by Crippen LogP contribution is -2.15. The third-order valence-corrected chi connectivity index (χ3v) is 3.21. The van der Waals surface area contributed by atoms with Crippen molar-refractivity contribution in [3.63, 3.8) is 0 Å². The number of halogens is 5. The molecule has 9 heteroatoms. The Balaban J connectivity index is 0.00000151. The van der Waals surface area contributed by atoms with Gasteiger partial charge in [0.05, 0.1) is 17.3 Å². The first kappa shape index (κ1) is 20.3. The molecule has 0 aliphatic carbocycles. The summed E-state index contributed by atoms with van der Waals surface area (Å²) in [5, 5.41) is 8.95. The van der Waals surface area contributed by atoms with E-state index in [2.05, 4.69) is 4.98 Å². The molecule has 0 radical (unpaired) electrons. The van der Waals surface area contributed by atoms with E-state index >= 15 is 0 Å². The summed E-state index contributed by atoms with van der Waals surface area (Å²) >= 11 is 0. The lowest BCUT2D eigenvalue weighted by atomic mass is 9.93. The van der Waals surface area contributed by atoms with Gasteiger partial charge in [0.1, 0.15) is 11.5 Å². The predicted octanol–water partition coefficient (Wildman–Crippen LogP) is 4.66. The van der Waals surface area contributed by atoms with Crippen molar-refractivity contribution in [1.29, 1.82) is 0 Å². The summed E-state index contributed by atoms with van der Waals surface area (Å²) in [7, 11) is 0. The molecular formula is C16H15F5N2O2. The normalized spacial score (nSPS) is 10.9. The van der Waals surface area contributed by atoms with E-state index in [1.807, 2.05) is 13.8 Å². The van der Waals surface area contributed by atoms with Crippen molar-refractivity contribution in [3.8, 4) is 11.3 Å². The number of carbonyl (C=O) groups is 1. The highest BCUT2D eigenvalue weighted by molar-refractivity contribution is 5.97. The first-order valence-corrected chi connectivity index (χ1v) is 7.09. The number of nitrogens with zero attached hydrogens (tertiary/aromatic N) is 1. The standard InChI is InChI=1S/C14H9F5N2O2.C2H6/c1-5-10(12-9(16)2-6(15)4-21-12)8(14(17,18)19)3-7(11(5)20)13(22)23;1-2/h2-4H,20H2,1H3,(H,22,23);1-2H3. The van der Waals surface area contributed by atoms with Gasteiger partial charge in [-0.3, -0.25) is 4.98 Å². The Morgan fingerprint density at radius 1 is 1.20 bits per heavy atom. The van der Waals surface area contributed by atoms with Gasteiger partial charge in [-0.15, -0.1) is 0 Å². The molecule has 2 rings (SSSR count). The number of hydrogen-bond acceptors (Lipinski definition) is 3. The Bertz CT molecular complexity index is 804. The van der Waals surface area contributed by atoms with Gasteiger partial charge in [0.2, 0.25) is 0 Å². The second kappa shape index (κ2) is 7.45. The quantitative estimate of drug-likeness (QED) is 0.602. The van der Waals surface area contributed by atoms with Crippen LogP contribution in [0.5, 0.6) is 0 Å². The number of nitrogen functional groups attached to an aromatic ring is 1. The Morgan fingerprint density at radius 3 is 2.20 bits per heavy atom. The number of aromatic carboxylic acids is 1. The van der Waals surface area contributed by atoms with E-state index in [0.717, 1.165) is 6.92 Å². The van der Waals surface area contributed by atoms with Crippen molar-refractivity contribution in [3.05, 3.63) is 46.7 Å². The highest BCUT2D eigenvalue weighted by Crippen LogP contribution is 2.42. The Morgan fingerprint density at radius 2 is 1.76 bits per heavy atom. The average Bonchev–Trinajstić information content (AvgIpc) is 2.51. The number of alkyl halides is 3. The van der Waals surface area contributed by atoms with E-state index in [0.29, 0.717) is 18.3 Å². The fourth-order valence-electron chi connectivity index (χ4n) is 2.14. The highest BCUT2D eigenvalue weighted by Gasteiger charge is 2.37. The van der Waals surface area contributed by atoms with Gasteiger partial charge in [-0.05, 0) is 18.6 Å². The molecule has 0 saturated carbocycles. The van der Waals surface area contributed by atoms with Crippen molar-refractivity contribution in [2.24, 2.45) is 0 Å². The number of anilines is 1.